The molecule has 0 unspecified atom stereocenters. The second kappa shape index (κ2) is 4.69. The highest BCUT2D eigenvalue weighted by Crippen LogP contribution is 2.35. The number of pyridine rings is 2. The van der Waals surface area contributed by atoms with Gasteiger partial charge in [0, 0.05) is 29.2 Å². The average Bonchev–Trinajstić information content (AvgIpc) is 2.46. The molecule has 3 rings (SSSR count). The van der Waals surface area contributed by atoms with E-state index in [2.05, 4.69) is 16.0 Å². The molecule has 0 spiro atoms. The number of fused-ring (bicyclic) bond motifs is 1. The van der Waals surface area contributed by atoms with E-state index in [9.17, 15) is 5.26 Å². The molecule has 0 amide bonds. The Morgan fingerprint density at radius 2 is 2.11 bits per heavy atom. The maximum Gasteiger partial charge on any atom is 0.142 e. The van der Waals surface area contributed by atoms with Gasteiger partial charge in [0.15, 0.2) is 0 Å². The topological polar surface area (TPSA) is 75.6 Å². The Morgan fingerprint density at radius 1 is 1.26 bits per heavy atom. The van der Waals surface area contributed by atoms with Crippen LogP contribution < -0.4 is 5.73 Å². The molecule has 0 aliphatic heterocycles. The van der Waals surface area contributed by atoms with Gasteiger partial charge in [0.2, 0.25) is 0 Å². The molecule has 2 heterocycles. The molecule has 0 bridgehead atoms. The molecule has 2 N–H and O–H groups in total. The van der Waals surface area contributed by atoms with Gasteiger partial charge in [-0.2, -0.15) is 5.26 Å². The van der Waals surface area contributed by atoms with Crippen LogP contribution in [-0.4, -0.2) is 9.97 Å². The summed E-state index contributed by atoms with van der Waals surface area (Å²) in [5, 5.41) is 9.37. The van der Waals surface area contributed by atoms with Crippen LogP contribution in [0.3, 0.4) is 0 Å². The third kappa shape index (κ3) is 1.93. The number of nitriles is 1. The first-order valence-corrected chi connectivity index (χ1v) is 6.43. The van der Waals surface area contributed by atoms with E-state index in [1.165, 1.54) is 5.56 Å². The minimum Gasteiger partial charge on any atom is -0.383 e. The van der Waals surface area contributed by atoms with E-state index in [4.69, 9.17) is 5.73 Å². The minimum atomic E-state index is 0.335. The molecule has 2 aromatic rings. The molecule has 4 heteroatoms. The number of nitrogen functional groups attached to an aromatic ring is 1. The molecule has 0 aromatic carbocycles. The number of hydrogen-bond acceptors (Lipinski definition) is 4. The standard InChI is InChI=1S/C15H14N4/c16-8-12-14(10-4-3-7-18-9-10)11-5-1-2-6-13(11)19-15(12)17/h3-4,7,9H,1-2,5-6H2,(H2,17,19). The van der Waals surface area contributed by atoms with Gasteiger partial charge in [0.05, 0.1) is 0 Å². The van der Waals surface area contributed by atoms with Crippen LogP contribution in [0.4, 0.5) is 5.82 Å². The molecule has 0 radical (unpaired) electrons. The van der Waals surface area contributed by atoms with Crippen molar-refractivity contribution < 1.29 is 0 Å². The van der Waals surface area contributed by atoms with Gasteiger partial charge in [-0.1, -0.05) is 6.07 Å². The van der Waals surface area contributed by atoms with Crippen molar-refractivity contribution in [1.82, 2.24) is 9.97 Å². The Morgan fingerprint density at radius 3 is 2.84 bits per heavy atom. The van der Waals surface area contributed by atoms with E-state index < -0.39 is 0 Å². The molecule has 0 saturated carbocycles. The van der Waals surface area contributed by atoms with Crippen LogP contribution in [0.25, 0.3) is 11.1 Å². The lowest BCUT2D eigenvalue weighted by atomic mass is 9.87. The summed E-state index contributed by atoms with van der Waals surface area (Å²) >= 11 is 0. The van der Waals surface area contributed by atoms with Gasteiger partial charge in [-0.3, -0.25) is 4.98 Å². The summed E-state index contributed by atoms with van der Waals surface area (Å²) in [6.07, 6.45) is 7.69. The Hall–Kier alpha value is -2.41. The van der Waals surface area contributed by atoms with Gasteiger partial charge < -0.3 is 5.73 Å². The summed E-state index contributed by atoms with van der Waals surface area (Å²) in [5.41, 5.74) is 10.5. The molecule has 1 aliphatic rings. The van der Waals surface area contributed by atoms with Crippen molar-refractivity contribution in [2.75, 3.05) is 5.73 Å². The summed E-state index contributed by atoms with van der Waals surface area (Å²) in [4.78, 5) is 8.55. The van der Waals surface area contributed by atoms with Crippen LogP contribution in [0, 0.1) is 11.3 Å². The van der Waals surface area contributed by atoms with Crippen molar-refractivity contribution in [3.05, 3.63) is 41.3 Å². The first kappa shape index (κ1) is 11.7. The van der Waals surface area contributed by atoms with Gasteiger partial charge in [-0.05, 0) is 37.3 Å². The summed E-state index contributed by atoms with van der Waals surface area (Å²) in [6, 6.07) is 6.04. The van der Waals surface area contributed by atoms with Gasteiger partial charge in [-0.15, -0.1) is 0 Å². The highest BCUT2D eigenvalue weighted by Gasteiger charge is 2.21. The van der Waals surface area contributed by atoms with Crippen LogP contribution in [0.1, 0.15) is 29.7 Å². The Kier molecular flexibility index (Phi) is 2.88. The molecule has 4 nitrogen and oxygen atoms in total. The molecular weight excluding hydrogens is 236 g/mol. The van der Waals surface area contributed by atoms with Gasteiger partial charge in [-0.25, -0.2) is 4.98 Å². The van der Waals surface area contributed by atoms with Crippen LogP contribution in [0.15, 0.2) is 24.5 Å². The first-order chi connectivity index (χ1) is 9.31. The highest BCUT2D eigenvalue weighted by atomic mass is 14.9. The molecular formula is C15H14N4. The molecule has 94 valence electrons. The fourth-order valence-corrected chi connectivity index (χ4v) is 2.70. The van der Waals surface area contributed by atoms with Crippen molar-refractivity contribution in [3.8, 4) is 17.2 Å². The van der Waals surface area contributed by atoms with Gasteiger partial charge in [0.1, 0.15) is 17.5 Å². The Balaban J connectivity index is 2.32. The van der Waals surface area contributed by atoms with Crippen molar-refractivity contribution in [1.29, 1.82) is 5.26 Å². The molecule has 2 aromatic heterocycles. The SMILES string of the molecule is N#Cc1c(N)nc2c(c1-c1cccnc1)CCCC2. The van der Waals surface area contributed by atoms with E-state index in [1.54, 1.807) is 12.4 Å². The third-order valence-electron chi connectivity index (χ3n) is 3.56. The normalized spacial score (nSPS) is 13.6. The second-order valence-electron chi connectivity index (χ2n) is 4.73. The number of anilines is 1. The van der Waals surface area contributed by atoms with E-state index >= 15 is 0 Å². The zero-order valence-electron chi connectivity index (χ0n) is 10.6. The van der Waals surface area contributed by atoms with Crippen LogP contribution in [0.5, 0.6) is 0 Å². The largest absolute Gasteiger partial charge is 0.383 e. The van der Waals surface area contributed by atoms with Crippen LogP contribution >= 0.6 is 0 Å². The Bertz CT molecular complexity index is 656. The number of rotatable bonds is 1. The quantitative estimate of drug-likeness (QED) is 0.843. The maximum atomic E-state index is 9.37. The Labute approximate surface area is 111 Å². The van der Waals surface area contributed by atoms with Gasteiger partial charge >= 0.3 is 0 Å². The van der Waals surface area contributed by atoms with E-state index in [1.807, 2.05) is 12.1 Å². The van der Waals surface area contributed by atoms with Crippen LogP contribution in [-0.2, 0) is 12.8 Å². The lowest BCUT2D eigenvalue weighted by Crippen LogP contribution is -2.11. The summed E-state index contributed by atoms with van der Waals surface area (Å²) in [7, 11) is 0. The predicted molar refractivity (Wildman–Crippen MR) is 73.2 cm³/mol. The number of nitrogens with zero attached hydrogens (tertiary/aromatic N) is 3. The van der Waals surface area contributed by atoms with Crippen molar-refractivity contribution in [3.63, 3.8) is 0 Å². The van der Waals surface area contributed by atoms with Crippen molar-refractivity contribution >= 4 is 5.82 Å². The maximum absolute atomic E-state index is 9.37. The number of aryl methyl sites for hydroxylation is 1. The van der Waals surface area contributed by atoms with E-state index in [0.29, 0.717) is 11.4 Å². The summed E-state index contributed by atoms with van der Waals surface area (Å²) < 4.78 is 0. The van der Waals surface area contributed by atoms with E-state index in [0.717, 1.165) is 42.5 Å². The van der Waals surface area contributed by atoms with E-state index in [-0.39, 0.29) is 0 Å². The average molecular weight is 250 g/mol. The van der Waals surface area contributed by atoms with Crippen molar-refractivity contribution in [2.24, 2.45) is 0 Å². The third-order valence-corrected chi connectivity index (χ3v) is 3.56. The van der Waals surface area contributed by atoms with Gasteiger partial charge in [0.25, 0.3) is 0 Å². The smallest absolute Gasteiger partial charge is 0.142 e. The number of nitrogens with two attached hydrogens (primary N) is 1. The first-order valence-electron chi connectivity index (χ1n) is 6.43. The molecule has 19 heavy (non-hydrogen) atoms. The minimum absolute atomic E-state index is 0.335. The zero-order chi connectivity index (χ0) is 13.2. The van der Waals surface area contributed by atoms with Crippen molar-refractivity contribution in [2.45, 2.75) is 25.7 Å². The molecule has 1 aliphatic carbocycles. The number of hydrogen-bond donors (Lipinski definition) is 1. The summed E-state index contributed by atoms with van der Waals surface area (Å²) in [6.45, 7) is 0. The summed E-state index contributed by atoms with van der Waals surface area (Å²) in [5.74, 6) is 0.335. The monoisotopic (exact) mass is 250 g/mol. The highest BCUT2D eigenvalue weighted by molar-refractivity contribution is 5.78. The lowest BCUT2D eigenvalue weighted by Gasteiger charge is -2.20. The molecule has 0 atom stereocenters. The zero-order valence-corrected chi connectivity index (χ0v) is 10.6. The van der Waals surface area contributed by atoms with Crippen LogP contribution in [0.2, 0.25) is 0 Å². The molecule has 0 fully saturated rings. The fraction of sp³-hybridized carbons (Fsp3) is 0.267. The fourth-order valence-electron chi connectivity index (χ4n) is 2.70. The lowest BCUT2D eigenvalue weighted by molar-refractivity contribution is 0.670. The second-order valence-corrected chi connectivity index (χ2v) is 4.73. The molecule has 0 saturated heterocycles. The number of aromatic nitrogens is 2. The predicted octanol–water partition coefficient (Wildman–Crippen LogP) is 2.48.